The number of imide groups is 1. The van der Waals surface area contributed by atoms with Crippen molar-refractivity contribution in [2.24, 2.45) is 5.92 Å². The zero-order valence-electron chi connectivity index (χ0n) is 19.1. The quantitative estimate of drug-likeness (QED) is 0.440. The van der Waals surface area contributed by atoms with Crippen LogP contribution in [0.2, 0.25) is 0 Å². The van der Waals surface area contributed by atoms with Crippen molar-refractivity contribution in [1.29, 1.82) is 0 Å². The van der Waals surface area contributed by atoms with Crippen molar-refractivity contribution in [3.05, 3.63) is 70.8 Å². The fourth-order valence-electron chi connectivity index (χ4n) is 4.58. The lowest BCUT2D eigenvalue weighted by Crippen LogP contribution is -2.35. The van der Waals surface area contributed by atoms with E-state index in [2.05, 4.69) is 20.2 Å². The molecule has 0 aliphatic carbocycles. The van der Waals surface area contributed by atoms with Crippen molar-refractivity contribution >= 4 is 34.9 Å². The summed E-state index contributed by atoms with van der Waals surface area (Å²) >= 11 is 0.881. The standard InChI is InChI=1S/C26H25FN4O3S/c27-19-7-6-18(21(15-19)22-5-2-14-34-22)4-1-3-17-9-12-31(13-10-17)25-28-11-8-20(29-25)16-23-24(32)30-26(33)35-23/h2,5-8,11,14-17H,1,3-4,9-10,12-13H2,(H,30,32,33)/b23-16-. The monoisotopic (exact) mass is 492 g/mol. The molecule has 3 aromatic rings. The lowest BCUT2D eigenvalue weighted by atomic mass is 9.90. The van der Waals surface area contributed by atoms with Crippen LogP contribution in [0.4, 0.5) is 15.1 Å². The van der Waals surface area contributed by atoms with E-state index in [1.807, 2.05) is 18.2 Å². The number of nitrogens with zero attached hydrogens (tertiary/aromatic N) is 3. The van der Waals surface area contributed by atoms with Gasteiger partial charge in [0.15, 0.2) is 0 Å². The third-order valence-corrected chi connectivity index (χ3v) is 7.21. The SMILES string of the molecule is O=C1NC(=O)/C(=C/c2ccnc(N3CCC(CCCc4ccc(F)cc4-c4ccco4)CC3)n2)S1. The summed E-state index contributed by atoms with van der Waals surface area (Å²) in [6.07, 6.45) is 10.0. The van der Waals surface area contributed by atoms with Gasteiger partial charge in [0.25, 0.3) is 11.1 Å². The van der Waals surface area contributed by atoms with E-state index in [4.69, 9.17) is 4.42 Å². The maximum atomic E-state index is 13.8. The molecule has 1 aromatic carbocycles. The normalized spacial score (nSPS) is 17.9. The highest BCUT2D eigenvalue weighted by Gasteiger charge is 2.26. The Balaban J connectivity index is 1.14. The number of halogens is 1. The van der Waals surface area contributed by atoms with Crippen LogP contribution in [-0.4, -0.2) is 34.2 Å². The number of amides is 2. The Morgan fingerprint density at radius 1 is 1.20 bits per heavy atom. The van der Waals surface area contributed by atoms with Gasteiger partial charge in [-0.15, -0.1) is 0 Å². The second-order valence-electron chi connectivity index (χ2n) is 8.74. The highest BCUT2D eigenvalue weighted by molar-refractivity contribution is 8.18. The number of aromatic nitrogens is 2. The lowest BCUT2D eigenvalue weighted by Gasteiger charge is -2.32. The van der Waals surface area contributed by atoms with E-state index >= 15 is 0 Å². The summed E-state index contributed by atoms with van der Waals surface area (Å²) in [4.78, 5) is 34.7. The molecule has 2 aromatic heterocycles. The van der Waals surface area contributed by atoms with Gasteiger partial charge in [-0.05, 0) is 91.8 Å². The van der Waals surface area contributed by atoms with E-state index in [1.54, 1.807) is 30.7 Å². The average molecular weight is 493 g/mol. The van der Waals surface area contributed by atoms with Crippen molar-refractivity contribution < 1.29 is 18.4 Å². The minimum Gasteiger partial charge on any atom is -0.464 e. The van der Waals surface area contributed by atoms with E-state index in [0.717, 1.165) is 68.1 Å². The van der Waals surface area contributed by atoms with Gasteiger partial charge in [-0.3, -0.25) is 14.9 Å². The average Bonchev–Trinajstić information content (AvgIpc) is 3.50. The first-order chi connectivity index (χ1) is 17.0. The molecule has 7 nitrogen and oxygen atoms in total. The van der Waals surface area contributed by atoms with Crippen molar-refractivity contribution in [2.45, 2.75) is 32.1 Å². The number of furan rings is 1. The zero-order valence-corrected chi connectivity index (χ0v) is 19.9. The Hall–Kier alpha value is -3.46. The summed E-state index contributed by atoms with van der Waals surface area (Å²) in [7, 11) is 0. The molecule has 0 radical (unpaired) electrons. The summed E-state index contributed by atoms with van der Waals surface area (Å²) in [5, 5.41) is 1.88. The second kappa shape index (κ2) is 10.4. The number of thioether (sulfide) groups is 1. The number of aryl methyl sites for hydroxylation is 1. The van der Waals surface area contributed by atoms with Crippen LogP contribution >= 0.6 is 11.8 Å². The Morgan fingerprint density at radius 3 is 2.80 bits per heavy atom. The molecule has 0 saturated carbocycles. The minimum atomic E-state index is -0.391. The van der Waals surface area contributed by atoms with Crippen molar-refractivity contribution in [1.82, 2.24) is 15.3 Å². The van der Waals surface area contributed by atoms with E-state index < -0.39 is 5.91 Å². The van der Waals surface area contributed by atoms with Gasteiger partial charge < -0.3 is 9.32 Å². The second-order valence-corrected chi connectivity index (χ2v) is 9.75. The van der Waals surface area contributed by atoms with Gasteiger partial charge in [0, 0.05) is 24.8 Å². The van der Waals surface area contributed by atoms with Gasteiger partial charge in [0.1, 0.15) is 11.6 Å². The van der Waals surface area contributed by atoms with Gasteiger partial charge in [-0.25, -0.2) is 14.4 Å². The van der Waals surface area contributed by atoms with Crippen LogP contribution in [0.3, 0.4) is 0 Å². The third-order valence-electron chi connectivity index (χ3n) is 6.40. The number of hydrogen-bond acceptors (Lipinski definition) is 7. The van der Waals surface area contributed by atoms with Crippen molar-refractivity contribution in [3.8, 4) is 11.3 Å². The molecule has 2 aliphatic heterocycles. The largest absolute Gasteiger partial charge is 0.464 e. The molecule has 1 N–H and O–H groups in total. The summed E-state index contributed by atoms with van der Waals surface area (Å²) in [6.45, 7) is 1.74. The molecular formula is C26H25FN4O3S. The number of anilines is 1. The molecule has 2 fully saturated rings. The Kier molecular flexibility index (Phi) is 6.94. The third kappa shape index (κ3) is 5.62. The predicted molar refractivity (Wildman–Crippen MR) is 133 cm³/mol. The molecule has 2 aliphatic rings. The van der Waals surface area contributed by atoms with Crippen LogP contribution < -0.4 is 10.2 Å². The highest BCUT2D eigenvalue weighted by Crippen LogP contribution is 2.30. The van der Waals surface area contributed by atoms with Gasteiger partial charge in [0.05, 0.1) is 16.9 Å². The number of piperidine rings is 1. The van der Waals surface area contributed by atoms with Crippen LogP contribution in [0.25, 0.3) is 17.4 Å². The van der Waals surface area contributed by atoms with E-state index in [-0.39, 0.29) is 11.1 Å². The number of carbonyl (C=O) groups is 2. The smallest absolute Gasteiger partial charge is 0.290 e. The van der Waals surface area contributed by atoms with E-state index in [9.17, 15) is 14.0 Å². The minimum absolute atomic E-state index is 0.256. The first-order valence-corrected chi connectivity index (χ1v) is 12.5. The molecule has 0 unspecified atom stereocenters. The Bertz CT molecular complexity index is 1250. The van der Waals surface area contributed by atoms with E-state index in [1.165, 1.54) is 6.07 Å². The fraction of sp³-hybridized carbons (Fsp3) is 0.308. The topological polar surface area (TPSA) is 88.3 Å². The molecule has 2 amide bonds. The molecule has 4 heterocycles. The van der Waals surface area contributed by atoms with Crippen molar-refractivity contribution in [2.75, 3.05) is 18.0 Å². The maximum Gasteiger partial charge on any atom is 0.290 e. The number of nitrogens with one attached hydrogen (secondary N) is 1. The summed E-state index contributed by atoms with van der Waals surface area (Å²) in [5.74, 6) is 1.31. The predicted octanol–water partition coefficient (Wildman–Crippen LogP) is 5.44. The molecule has 0 spiro atoms. The van der Waals surface area contributed by atoms with Crippen LogP contribution in [-0.2, 0) is 11.2 Å². The van der Waals surface area contributed by atoms with Crippen LogP contribution in [0.15, 0.2) is 58.2 Å². The summed E-state index contributed by atoms with van der Waals surface area (Å²) in [6, 6.07) is 10.3. The zero-order chi connectivity index (χ0) is 24.2. The van der Waals surface area contributed by atoms with Gasteiger partial charge >= 0.3 is 0 Å². The lowest BCUT2D eigenvalue weighted by molar-refractivity contribution is -0.115. The highest BCUT2D eigenvalue weighted by atomic mass is 32.2. The molecule has 35 heavy (non-hydrogen) atoms. The van der Waals surface area contributed by atoms with Crippen molar-refractivity contribution in [3.63, 3.8) is 0 Å². The first kappa shape index (κ1) is 23.3. The Labute approximate surface area is 206 Å². The summed E-state index contributed by atoms with van der Waals surface area (Å²) < 4.78 is 19.3. The van der Waals surface area contributed by atoms with Gasteiger partial charge in [0.2, 0.25) is 5.95 Å². The Morgan fingerprint density at radius 2 is 2.06 bits per heavy atom. The molecule has 2 saturated heterocycles. The van der Waals surface area contributed by atoms with Crippen LogP contribution in [0.1, 0.15) is 36.9 Å². The van der Waals surface area contributed by atoms with E-state index in [0.29, 0.717) is 28.2 Å². The number of carbonyl (C=O) groups excluding carboxylic acids is 2. The molecule has 0 bridgehead atoms. The number of rotatable bonds is 7. The van der Waals surface area contributed by atoms with Crippen LogP contribution in [0.5, 0.6) is 0 Å². The molecule has 9 heteroatoms. The van der Waals surface area contributed by atoms with Gasteiger partial charge in [-0.1, -0.05) is 6.07 Å². The maximum absolute atomic E-state index is 13.8. The van der Waals surface area contributed by atoms with Crippen LogP contribution in [0, 0.1) is 11.7 Å². The fourth-order valence-corrected chi connectivity index (χ4v) is 5.25. The molecule has 5 rings (SSSR count). The molecule has 0 atom stereocenters. The van der Waals surface area contributed by atoms with Gasteiger partial charge in [-0.2, -0.15) is 0 Å². The number of hydrogen-bond donors (Lipinski definition) is 1. The molecular weight excluding hydrogens is 467 g/mol. The molecule has 180 valence electrons. The first-order valence-electron chi connectivity index (χ1n) is 11.7. The number of benzene rings is 1. The summed E-state index contributed by atoms with van der Waals surface area (Å²) in [5.41, 5.74) is 2.54.